The highest BCUT2D eigenvalue weighted by Gasteiger charge is 2.76. The van der Waals surface area contributed by atoms with E-state index in [0.717, 1.165) is 0 Å². The average Bonchev–Trinajstić information content (AvgIpc) is 2.77. The zero-order chi connectivity index (χ0) is 15.8. The number of hydrogen-bond acceptors (Lipinski definition) is 5. The van der Waals surface area contributed by atoms with Gasteiger partial charge in [0.1, 0.15) is 0 Å². The molecule has 0 radical (unpaired) electrons. The van der Waals surface area contributed by atoms with Gasteiger partial charge in [-0.1, -0.05) is 0 Å². The van der Waals surface area contributed by atoms with Crippen LogP contribution in [-0.4, -0.2) is 34.8 Å². The lowest BCUT2D eigenvalue weighted by atomic mass is 10.1. The number of rotatable bonds is 4. The molecule has 0 aliphatic carbocycles. The van der Waals surface area contributed by atoms with Crippen molar-refractivity contribution >= 4 is 5.97 Å². The molecule has 0 fully saturated rings. The Morgan fingerprint density at radius 1 is 1.20 bits per heavy atom. The highest BCUT2D eigenvalue weighted by atomic mass is 19.4. The van der Waals surface area contributed by atoms with Crippen LogP contribution in [0.4, 0.5) is 30.7 Å². The standard InChI is InChI=1S/C8H5F7N2O3/c1-2-19-4(18)3-16-5(20-17-3)6(9,10)7(11,12)8(13,14)15/h2H2,1H3. The first kappa shape index (κ1) is 16.2. The maximum atomic E-state index is 13.1. The third kappa shape index (κ3) is 2.54. The number of alkyl halides is 7. The van der Waals surface area contributed by atoms with Crippen LogP contribution in [0.1, 0.15) is 23.4 Å². The number of halogens is 7. The second kappa shape index (κ2) is 4.90. The van der Waals surface area contributed by atoms with Crippen LogP contribution in [0, 0.1) is 0 Å². The average molecular weight is 310 g/mol. The van der Waals surface area contributed by atoms with E-state index in [1.54, 1.807) is 0 Å². The number of carbonyl (C=O) groups excluding carboxylic acids is 1. The lowest BCUT2D eigenvalue weighted by molar-refractivity contribution is -0.364. The minimum atomic E-state index is -6.55. The molecule has 0 bridgehead atoms. The zero-order valence-corrected chi connectivity index (χ0v) is 9.47. The van der Waals surface area contributed by atoms with Gasteiger partial charge in [-0.25, -0.2) is 4.79 Å². The Balaban J connectivity index is 3.14. The van der Waals surface area contributed by atoms with E-state index in [-0.39, 0.29) is 6.61 Å². The van der Waals surface area contributed by atoms with E-state index < -0.39 is 35.7 Å². The van der Waals surface area contributed by atoms with Crippen molar-refractivity contribution in [2.24, 2.45) is 0 Å². The number of carbonyl (C=O) groups is 1. The number of aromatic nitrogens is 2. The molecule has 0 aliphatic rings. The maximum absolute atomic E-state index is 13.1. The molecule has 0 aliphatic heterocycles. The molecule has 1 aromatic rings. The van der Waals surface area contributed by atoms with Crippen LogP contribution in [0.3, 0.4) is 0 Å². The molecule has 1 heterocycles. The molecular formula is C8H5F7N2O3. The van der Waals surface area contributed by atoms with Gasteiger partial charge in [0.25, 0.3) is 5.82 Å². The summed E-state index contributed by atoms with van der Waals surface area (Å²) in [4.78, 5) is 13.5. The monoisotopic (exact) mass is 310 g/mol. The number of esters is 1. The molecule has 5 nitrogen and oxygen atoms in total. The lowest BCUT2D eigenvalue weighted by Crippen LogP contribution is -2.50. The van der Waals surface area contributed by atoms with Gasteiger partial charge in [0.2, 0.25) is 0 Å². The fraction of sp³-hybridized carbons (Fsp3) is 0.625. The fourth-order valence-corrected chi connectivity index (χ4v) is 0.942. The van der Waals surface area contributed by atoms with Crippen LogP contribution in [0.15, 0.2) is 4.52 Å². The molecule has 20 heavy (non-hydrogen) atoms. The molecule has 0 spiro atoms. The van der Waals surface area contributed by atoms with Gasteiger partial charge < -0.3 is 9.26 Å². The Morgan fingerprint density at radius 3 is 2.20 bits per heavy atom. The van der Waals surface area contributed by atoms with Crippen molar-refractivity contribution in [3.05, 3.63) is 11.7 Å². The Labute approximate surface area is 105 Å². The normalized spacial score (nSPS) is 13.4. The first-order chi connectivity index (χ1) is 8.95. The SMILES string of the molecule is CCOC(=O)c1noc(C(F)(F)C(F)(F)C(F)(F)F)n1. The summed E-state index contributed by atoms with van der Waals surface area (Å²) in [5.41, 5.74) is 0. The van der Waals surface area contributed by atoms with E-state index in [1.807, 2.05) is 0 Å². The molecule has 114 valence electrons. The summed E-state index contributed by atoms with van der Waals surface area (Å²) in [6, 6.07) is 0. The molecule has 0 saturated carbocycles. The van der Waals surface area contributed by atoms with Gasteiger partial charge in [-0.05, 0) is 12.1 Å². The Hall–Kier alpha value is -1.88. The largest absolute Gasteiger partial charge is 0.460 e. The van der Waals surface area contributed by atoms with Gasteiger partial charge in [0, 0.05) is 0 Å². The molecular weight excluding hydrogens is 305 g/mol. The quantitative estimate of drug-likeness (QED) is 0.631. The van der Waals surface area contributed by atoms with Crippen molar-refractivity contribution in [3.8, 4) is 0 Å². The Bertz CT molecular complexity index is 497. The first-order valence-corrected chi connectivity index (χ1v) is 4.78. The topological polar surface area (TPSA) is 65.2 Å². The van der Waals surface area contributed by atoms with Crippen LogP contribution in [0.25, 0.3) is 0 Å². The van der Waals surface area contributed by atoms with Crippen LogP contribution in [-0.2, 0) is 10.7 Å². The molecule has 0 unspecified atom stereocenters. The van der Waals surface area contributed by atoms with Crippen LogP contribution in [0.5, 0.6) is 0 Å². The van der Waals surface area contributed by atoms with Gasteiger partial charge in [0.15, 0.2) is 0 Å². The highest BCUT2D eigenvalue weighted by Crippen LogP contribution is 2.51. The van der Waals surface area contributed by atoms with Crippen molar-refractivity contribution in [1.82, 2.24) is 10.1 Å². The summed E-state index contributed by atoms with van der Waals surface area (Å²) in [7, 11) is 0. The van der Waals surface area contributed by atoms with Crippen molar-refractivity contribution in [1.29, 1.82) is 0 Å². The van der Waals surface area contributed by atoms with Crippen molar-refractivity contribution in [2.45, 2.75) is 24.9 Å². The van der Waals surface area contributed by atoms with E-state index >= 15 is 0 Å². The van der Waals surface area contributed by atoms with Gasteiger partial charge in [0.05, 0.1) is 6.61 Å². The molecule has 0 saturated heterocycles. The lowest BCUT2D eigenvalue weighted by Gasteiger charge is -2.25. The fourth-order valence-electron chi connectivity index (χ4n) is 0.942. The number of nitrogens with zero attached hydrogens (tertiary/aromatic N) is 2. The Kier molecular flexibility index (Phi) is 3.97. The van der Waals surface area contributed by atoms with Crippen LogP contribution >= 0.6 is 0 Å². The number of ether oxygens (including phenoxy) is 1. The summed E-state index contributed by atoms with van der Waals surface area (Å²) in [5.74, 6) is -17.2. The summed E-state index contributed by atoms with van der Waals surface area (Å²) in [6.07, 6.45) is -6.55. The minimum absolute atomic E-state index is 0.224. The van der Waals surface area contributed by atoms with Crippen molar-refractivity contribution < 1.29 is 44.8 Å². The van der Waals surface area contributed by atoms with E-state index in [1.165, 1.54) is 6.92 Å². The third-order valence-corrected chi connectivity index (χ3v) is 1.90. The summed E-state index contributed by atoms with van der Waals surface area (Å²) in [6.45, 7) is 1.10. The van der Waals surface area contributed by atoms with Crippen molar-refractivity contribution in [3.63, 3.8) is 0 Å². The molecule has 0 aromatic carbocycles. The molecule has 0 atom stereocenters. The van der Waals surface area contributed by atoms with Gasteiger partial charge in [-0.2, -0.15) is 35.7 Å². The molecule has 1 rings (SSSR count). The number of hydrogen-bond donors (Lipinski definition) is 0. The predicted molar refractivity (Wildman–Crippen MR) is 45.2 cm³/mol. The highest BCUT2D eigenvalue weighted by molar-refractivity contribution is 5.84. The zero-order valence-electron chi connectivity index (χ0n) is 9.47. The Morgan fingerprint density at radius 2 is 1.75 bits per heavy atom. The summed E-state index contributed by atoms with van der Waals surface area (Å²) in [5, 5.41) is 2.56. The third-order valence-electron chi connectivity index (χ3n) is 1.90. The second-order valence-corrected chi connectivity index (χ2v) is 3.29. The van der Waals surface area contributed by atoms with Gasteiger partial charge in [-0.15, -0.1) is 0 Å². The molecule has 0 amide bonds. The van der Waals surface area contributed by atoms with Crippen LogP contribution in [0.2, 0.25) is 0 Å². The maximum Gasteiger partial charge on any atom is 0.460 e. The van der Waals surface area contributed by atoms with E-state index in [2.05, 4.69) is 19.4 Å². The van der Waals surface area contributed by atoms with E-state index in [4.69, 9.17) is 0 Å². The van der Waals surface area contributed by atoms with Gasteiger partial charge in [-0.3, -0.25) is 0 Å². The second-order valence-electron chi connectivity index (χ2n) is 3.29. The van der Waals surface area contributed by atoms with Crippen LogP contribution < -0.4 is 0 Å². The minimum Gasteiger partial charge on any atom is -0.460 e. The molecule has 12 heteroatoms. The van der Waals surface area contributed by atoms with Gasteiger partial charge >= 0.3 is 29.9 Å². The molecule has 0 N–H and O–H groups in total. The van der Waals surface area contributed by atoms with E-state index in [0.29, 0.717) is 0 Å². The molecule has 1 aromatic heterocycles. The summed E-state index contributed by atoms with van der Waals surface area (Å²) < 4.78 is 94.9. The van der Waals surface area contributed by atoms with E-state index in [9.17, 15) is 35.5 Å². The smallest absolute Gasteiger partial charge is 0.460 e. The summed E-state index contributed by atoms with van der Waals surface area (Å²) >= 11 is 0. The predicted octanol–water partition coefficient (Wildman–Crippen LogP) is 2.54. The first-order valence-electron chi connectivity index (χ1n) is 4.78. The van der Waals surface area contributed by atoms with Crippen molar-refractivity contribution in [2.75, 3.05) is 6.61 Å².